The molecule has 0 aliphatic rings. The molecule has 1 N–H and O–H groups in total. The highest BCUT2D eigenvalue weighted by molar-refractivity contribution is 5.76. The van der Waals surface area contributed by atoms with Crippen molar-refractivity contribution >= 4 is 12.4 Å². The van der Waals surface area contributed by atoms with Crippen LogP contribution in [0, 0.1) is 0 Å². The second kappa shape index (κ2) is 6.79. The van der Waals surface area contributed by atoms with E-state index in [9.17, 15) is 14.7 Å². The number of rotatable bonds is 7. The number of aliphatic carboxylic acids is 1. The molecule has 0 aliphatic heterocycles. The van der Waals surface area contributed by atoms with E-state index in [1.807, 2.05) is 37.3 Å². The Morgan fingerprint density at radius 1 is 1.39 bits per heavy atom. The Bertz CT molecular complexity index is 391. The molecule has 1 amide bonds. The van der Waals surface area contributed by atoms with Gasteiger partial charge in [-0.25, -0.2) is 4.79 Å². The van der Waals surface area contributed by atoms with Crippen LogP contribution in [0.5, 0.6) is 0 Å². The highest BCUT2D eigenvalue weighted by Crippen LogP contribution is 2.22. The molecule has 0 spiro atoms. The number of amides is 1. The lowest BCUT2D eigenvalue weighted by Gasteiger charge is -2.26. The Morgan fingerprint density at radius 2 is 2.00 bits per heavy atom. The lowest BCUT2D eigenvalue weighted by Crippen LogP contribution is -2.41. The molecule has 0 radical (unpaired) electrons. The van der Waals surface area contributed by atoms with Gasteiger partial charge in [-0.05, 0) is 24.8 Å². The Morgan fingerprint density at radius 3 is 2.44 bits per heavy atom. The highest BCUT2D eigenvalue weighted by atomic mass is 16.4. The maximum absolute atomic E-state index is 11.2. The second-order valence-electron chi connectivity index (χ2n) is 4.34. The fourth-order valence-corrected chi connectivity index (χ4v) is 2.00. The molecule has 2 unspecified atom stereocenters. The van der Waals surface area contributed by atoms with Crippen LogP contribution in [0.3, 0.4) is 0 Å². The predicted octanol–water partition coefficient (Wildman–Crippen LogP) is 2.11. The number of hydrogen-bond acceptors (Lipinski definition) is 2. The van der Waals surface area contributed by atoms with Crippen LogP contribution in [-0.2, 0) is 9.59 Å². The van der Waals surface area contributed by atoms with Crippen molar-refractivity contribution in [1.82, 2.24) is 4.90 Å². The lowest BCUT2D eigenvalue weighted by atomic mass is 9.93. The topological polar surface area (TPSA) is 57.6 Å². The minimum atomic E-state index is -0.952. The van der Waals surface area contributed by atoms with E-state index in [0.717, 1.165) is 5.56 Å². The number of hydrogen-bond donors (Lipinski definition) is 1. The van der Waals surface area contributed by atoms with E-state index < -0.39 is 12.0 Å². The molecule has 18 heavy (non-hydrogen) atoms. The minimum absolute atomic E-state index is 0.0984. The third kappa shape index (κ3) is 3.58. The van der Waals surface area contributed by atoms with Crippen LogP contribution in [-0.4, -0.2) is 35.0 Å². The molecule has 1 rings (SSSR count). The summed E-state index contributed by atoms with van der Waals surface area (Å²) in [5.41, 5.74) is 1.09. The normalized spacial score (nSPS) is 13.7. The van der Waals surface area contributed by atoms with E-state index in [-0.39, 0.29) is 5.92 Å². The first-order chi connectivity index (χ1) is 8.60. The summed E-state index contributed by atoms with van der Waals surface area (Å²) in [5.74, 6) is -0.854. The van der Waals surface area contributed by atoms with Gasteiger partial charge in [0.05, 0.1) is 0 Å². The molecule has 0 fully saturated rings. The monoisotopic (exact) mass is 249 g/mol. The molecular formula is C14H19NO3. The number of carboxylic acid groups (broad SMARTS) is 1. The van der Waals surface area contributed by atoms with Gasteiger partial charge in [0.2, 0.25) is 6.41 Å². The Labute approximate surface area is 107 Å². The van der Waals surface area contributed by atoms with E-state index in [0.29, 0.717) is 19.4 Å². The average Bonchev–Trinajstić information content (AvgIpc) is 2.39. The van der Waals surface area contributed by atoms with Crippen LogP contribution < -0.4 is 0 Å². The van der Waals surface area contributed by atoms with Crippen molar-refractivity contribution in [3.8, 4) is 0 Å². The van der Waals surface area contributed by atoms with Gasteiger partial charge in [0.1, 0.15) is 6.04 Å². The zero-order valence-corrected chi connectivity index (χ0v) is 10.7. The van der Waals surface area contributed by atoms with Gasteiger partial charge in [0, 0.05) is 6.54 Å². The molecule has 0 saturated carbocycles. The van der Waals surface area contributed by atoms with Gasteiger partial charge in [0.25, 0.3) is 0 Å². The number of nitrogens with zero attached hydrogens (tertiary/aromatic N) is 1. The number of carbonyl (C=O) groups excluding carboxylic acids is 1. The Hall–Kier alpha value is -1.84. The van der Waals surface area contributed by atoms with Gasteiger partial charge in [-0.1, -0.05) is 37.3 Å². The molecule has 4 nitrogen and oxygen atoms in total. The second-order valence-corrected chi connectivity index (χ2v) is 4.34. The van der Waals surface area contributed by atoms with Gasteiger partial charge in [0.15, 0.2) is 0 Å². The molecular weight excluding hydrogens is 230 g/mol. The van der Waals surface area contributed by atoms with Crippen LogP contribution in [0.2, 0.25) is 0 Å². The fourth-order valence-electron chi connectivity index (χ4n) is 2.00. The van der Waals surface area contributed by atoms with Crippen LogP contribution in [0.1, 0.15) is 31.7 Å². The molecule has 98 valence electrons. The summed E-state index contributed by atoms with van der Waals surface area (Å²) in [5, 5.41) is 9.20. The fraction of sp³-hybridized carbons (Fsp3) is 0.429. The van der Waals surface area contributed by atoms with Crippen molar-refractivity contribution in [2.24, 2.45) is 0 Å². The standard InChI is InChI=1S/C14H19NO3/c1-3-15(10-16)13(14(17)18)9-11(2)12-7-5-4-6-8-12/h4-8,10-11,13H,3,9H2,1-2H3,(H,17,18). The summed E-state index contributed by atoms with van der Waals surface area (Å²) < 4.78 is 0. The molecule has 1 aromatic rings. The smallest absolute Gasteiger partial charge is 0.326 e. The first-order valence-electron chi connectivity index (χ1n) is 6.09. The van der Waals surface area contributed by atoms with E-state index in [2.05, 4.69) is 0 Å². The maximum atomic E-state index is 11.2. The lowest BCUT2D eigenvalue weighted by molar-refractivity contribution is -0.146. The van der Waals surface area contributed by atoms with Crippen LogP contribution >= 0.6 is 0 Å². The van der Waals surface area contributed by atoms with Crippen molar-refractivity contribution in [3.63, 3.8) is 0 Å². The van der Waals surface area contributed by atoms with Gasteiger partial charge in [-0.15, -0.1) is 0 Å². The predicted molar refractivity (Wildman–Crippen MR) is 69.3 cm³/mol. The zero-order chi connectivity index (χ0) is 13.5. The third-order valence-corrected chi connectivity index (χ3v) is 3.13. The Balaban J connectivity index is 2.78. The van der Waals surface area contributed by atoms with E-state index in [4.69, 9.17) is 0 Å². The molecule has 0 aliphatic carbocycles. The summed E-state index contributed by atoms with van der Waals surface area (Å²) in [4.78, 5) is 23.4. The van der Waals surface area contributed by atoms with Crippen molar-refractivity contribution in [1.29, 1.82) is 0 Å². The van der Waals surface area contributed by atoms with Crippen molar-refractivity contribution in [2.45, 2.75) is 32.2 Å². The molecule has 1 aromatic carbocycles. The minimum Gasteiger partial charge on any atom is -0.480 e. The van der Waals surface area contributed by atoms with Gasteiger partial charge >= 0.3 is 5.97 Å². The van der Waals surface area contributed by atoms with Gasteiger partial charge < -0.3 is 10.0 Å². The summed E-state index contributed by atoms with van der Waals surface area (Å²) in [7, 11) is 0. The van der Waals surface area contributed by atoms with Crippen LogP contribution in [0.15, 0.2) is 30.3 Å². The van der Waals surface area contributed by atoms with E-state index in [1.165, 1.54) is 4.90 Å². The first-order valence-corrected chi connectivity index (χ1v) is 6.09. The van der Waals surface area contributed by atoms with Crippen LogP contribution in [0.4, 0.5) is 0 Å². The Kier molecular flexibility index (Phi) is 5.36. The quantitative estimate of drug-likeness (QED) is 0.753. The summed E-state index contributed by atoms with van der Waals surface area (Å²) in [6.45, 7) is 4.16. The van der Waals surface area contributed by atoms with E-state index in [1.54, 1.807) is 6.92 Å². The number of likely N-dealkylation sites (N-methyl/N-ethyl adjacent to an activating group) is 1. The summed E-state index contributed by atoms with van der Waals surface area (Å²) in [6, 6.07) is 8.97. The van der Waals surface area contributed by atoms with Gasteiger partial charge in [-0.2, -0.15) is 0 Å². The molecule has 0 heterocycles. The molecule has 4 heteroatoms. The third-order valence-electron chi connectivity index (χ3n) is 3.13. The number of carboxylic acids is 1. The van der Waals surface area contributed by atoms with Crippen molar-refractivity contribution in [3.05, 3.63) is 35.9 Å². The largest absolute Gasteiger partial charge is 0.480 e. The maximum Gasteiger partial charge on any atom is 0.326 e. The first kappa shape index (κ1) is 14.2. The SMILES string of the molecule is CCN(C=O)C(CC(C)c1ccccc1)C(=O)O. The number of benzene rings is 1. The molecule has 0 bridgehead atoms. The van der Waals surface area contributed by atoms with E-state index >= 15 is 0 Å². The van der Waals surface area contributed by atoms with Crippen molar-refractivity contribution < 1.29 is 14.7 Å². The summed E-state index contributed by atoms with van der Waals surface area (Å²) in [6.07, 6.45) is 1.03. The molecule has 0 aromatic heterocycles. The number of carbonyl (C=O) groups is 2. The zero-order valence-electron chi connectivity index (χ0n) is 10.7. The molecule has 0 saturated heterocycles. The average molecular weight is 249 g/mol. The van der Waals surface area contributed by atoms with Gasteiger partial charge in [-0.3, -0.25) is 4.79 Å². The highest BCUT2D eigenvalue weighted by Gasteiger charge is 2.25. The van der Waals surface area contributed by atoms with Crippen molar-refractivity contribution in [2.75, 3.05) is 6.54 Å². The summed E-state index contributed by atoms with van der Waals surface area (Å²) >= 11 is 0. The molecule has 2 atom stereocenters. The van der Waals surface area contributed by atoms with Crippen LogP contribution in [0.25, 0.3) is 0 Å².